The van der Waals surface area contributed by atoms with Gasteiger partial charge < -0.3 is 5.32 Å². The Labute approximate surface area is 124 Å². The zero-order chi connectivity index (χ0) is 14.0. The van der Waals surface area contributed by atoms with E-state index in [-0.39, 0.29) is 0 Å². The third-order valence-electron chi connectivity index (χ3n) is 3.73. The van der Waals surface area contributed by atoms with Crippen molar-refractivity contribution in [2.75, 3.05) is 19.6 Å². The molecule has 0 saturated carbocycles. The molecule has 1 aromatic rings. The largest absolute Gasteiger partial charge is 0.311 e. The van der Waals surface area contributed by atoms with Crippen molar-refractivity contribution < 1.29 is 0 Å². The van der Waals surface area contributed by atoms with Crippen LogP contribution in [0.1, 0.15) is 31.7 Å². The van der Waals surface area contributed by atoms with Crippen LogP contribution in [0, 0.1) is 12.8 Å². The number of nitrogens with zero attached hydrogens (tertiary/aromatic N) is 3. The number of nitrogens with one attached hydrogen (secondary N) is 1. The van der Waals surface area contributed by atoms with Crippen molar-refractivity contribution in [3.8, 4) is 0 Å². The van der Waals surface area contributed by atoms with Gasteiger partial charge in [0.2, 0.25) is 0 Å². The van der Waals surface area contributed by atoms with E-state index >= 15 is 0 Å². The second-order valence-corrected chi connectivity index (χ2v) is 6.78. The van der Waals surface area contributed by atoms with Crippen molar-refractivity contribution in [3.63, 3.8) is 0 Å². The highest BCUT2D eigenvalue weighted by Crippen LogP contribution is 2.22. The molecule has 1 aromatic heterocycles. The van der Waals surface area contributed by atoms with Gasteiger partial charge in [-0.15, -0.1) is 0 Å². The lowest BCUT2D eigenvalue weighted by molar-refractivity contribution is 0.176. The molecule has 1 aliphatic rings. The van der Waals surface area contributed by atoms with Crippen LogP contribution >= 0.6 is 15.9 Å². The summed E-state index contributed by atoms with van der Waals surface area (Å²) < 4.78 is 3.16. The minimum atomic E-state index is 0.627. The van der Waals surface area contributed by atoms with E-state index in [1.807, 2.05) is 18.7 Å². The molecule has 0 amide bonds. The first-order valence-corrected chi connectivity index (χ1v) is 7.90. The first-order chi connectivity index (χ1) is 8.97. The third-order valence-corrected chi connectivity index (χ3v) is 4.76. The molecule has 0 radical (unpaired) electrons. The zero-order valence-electron chi connectivity index (χ0n) is 12.4. The Bertz CT molecular complexity index is 427. The van der Waals surface area contributed by atoms with Gasteiger partial charge in [-0.1, -0.05) is 13.8 Å². The van der Waals surface area contributed by atoms with E-state index in [4.69, 9.17) is 0 Å². The van der Waals surface area contributed by atoms with Crippen molar-refractivity contribution in [3.05, 3.63) is 15.9 Å². The highest BCUT2D eigenvalue weighted by molar-refractivity contribution is 9.10. The number of halogens is 1. The van der Waals surface area contributed by atoms with E-state index < -0.39 is 0 Å². The fourth-order valence-electron chi connectivity index (χ4n) is 2.83. The van der Waals surface area contributed by atoms with Crippen LogP contribution in [0.3, 0.4) is 0 Å². The SMILES string of the molecule is Cc1nn(C)c(CN2CCNC(CC(C)C)C2)c1Br. The summed E-state index contributed by atoms with van der Waals surface area (Å²) in [5.74, 6) is 0.753. The third kappa shape index (κ3) is 3.80. The Morgan fingerprint density at radius 3 is 2.79 bits per heavy atom. The van der Waals surface area contributed by atoms with E-state index in [9.17, 15) is 0 Å². The standard InChI is InChI=1S/C14H25BrN4/c1-10(2)7-12-8-19(6-5-16-12)9-13-14(15)11(3)17-18(13)4/h10,12,16H,5-9H2,1-4H3. The molecule has 1 saturated heterocycles. The Morgan fingerprint density at radius 2 is 2.21 bits per heavy atom. The zero-order valence-corrected chi connectivity index (χ0v) is 14.0. The maximum absolute atomic E-state index is 4.47. The maximum Gasteiger partial charge on any atom is 0.0739 e. The summed E-state index contributed by atoms with van der Waals surface area (Å²) in [5.41, 5.74) is 2.36. The molecule has 0 aromatic carbocycles. The van der Waals surface area contributed by atoms with Gasteiger partial charge in [-0.3, -0.25) is 9.58 Å². The Kier molecular flexibility index (Phi) is 5.03. The molecular formula is C14H25BrN4. The van der Waals surface area contributed by atoms with E-state index in [0.29, 0.717) is 6.04 Å². The fraction of sp³-hybridized carbons (Fsp3) is 0.786. The molecule has 0 spiro atoms. The van der Waals surface area contributed by atoms with Crippen LogP contribution < -0.4 is 5.32 Å². The summed E-state index contributed by atoms with van der Waals surface area (Å²) in [5, 5.41) is 8.10. The Balaban J connectivity index is 1.98. The number of hydrogen-bond acceptors (Lipinski definition) is 3. The molecule has 1 atom stereocenters. The van der Waals surface area contributed by atoms with Crippen molar-refractivity contribution in [2.24, 2.45) is 13.0 Å². The first-order valence-electron chi connectivity index (χ1n) is 7.11. The van der Waals surface area contributed by atoms with Gasteiger partial charge >= 0.3 is 0 Å². The van der Waals surface area contributed by atoms with Gasteiger partial charge in [0.15, 0.2) is 0 Å². The summed E-state index contributed by atoms with van der Waals surface area (Å²) in [6.07, 6.45) is 1.25. The van der Waals surface area contributed by atoms with Gasteiger partial charge in [-0.25, -0.2) is 0 Å². The van der Waals surface area contributed by atoms with Gasteiger partial charge in [-0.05, 0) is 35.2 Å². The minimum absolute atomic E-state index is 0.627. The van der Waals surface area contributed by atoms with Crippen LogP contribution in [-0.2, 0) is 13.6 Å². The molecule has 1 N–H and O–H groups in total. The molecular weight excluding hydrogens is 304 g/mol. The smallest absolute Gasteiger partial charge is 0.0739 e. The molecule has 1 unspecified atom stereocenters. The summed E-state index contributed by atoms with van der Waals surface area (Å²) in [6, 6.07) is 0.627. The molecule has 0 aliphatic carbocycles. The monoisotopic (exact) mass is 328 g/mol. The van der Waals surface area contributed by atoms with Crippen molar-refractivity contribution in [1.82, 2.24) is 20.0 Å². The lowest BCUT2D eigenvalue weighted by Crippen LogP contribution is -2.50. The maximum atomic E-state index is 4.47. The second kappa shape index (κ2) is 6.37. The summed E-state index contributed by atoms with van der Waals surface area (Å²) in [7, 11) is 2.03. The number of hydrogen-bond donors (Lipinski definition) is 1. The van der Waals surface area contributed by atoms with E-state index in [2.05, 4.69) is 45.1 Å². The van der Waals surface area contributed by atoms with Gasteiger partial charge in [0.05, 0.1) is 15.9 Å². The van der Waals surface area contributed by atoms with Crippen LogP contribution in [0.2, 0.25) is 0 Å². The van der Waals surface area contributed by atoms with Crippen molar-refractivity contribution in [1.29, 1.82) is 0 Å². The Hall–Kier alpha value is -0.390. The normalized spacial score (nSPS) is 21.3. The van der Waals surface area contributed by atoms with Crippen LogP contribution in [0.25, 0.3) is 0 Å². The predicted octanol–water partition coefficient (Wildman–Crippen LogP) is 2.31. The van der Waals surface area contributed by atoms with Crippen LogP contribution in [0.15, 0.2) is 4.47 Å². The van der Waals surface area contributed by atoms with Crippen LogP contribution in [-0.4, -0.2) is 40.4 Å². The molecule has 1 aliphatic heterocycles. The molecule has 4 nitrogen and oxygen atoms in total. The van der Waals surface area contributed by atoms with Gasteiger partial charge in [-0.2, -0.15) is 5.10 Å². The highest BCUT2D eigenvalue weighted by Gasteiger charge is 2.22. The molecule has 2 heterocycles. The Morgan fingerprint density at radius 1 is 1.47 bits per heavy atom. The summed E-state index contributed by atoms with van der Waals surface area (Å²) in [4.78, 5) is 2.53. The number of rotatable bonds is 4. The lowest BCUT2D eigenvalue weighted by atomic mass is 10.0. The predicted molar refractivity (Wildman–Crippen MR) is 82.2 cm³/mol. The van der Waals surface area contributed by atoms with Gasteiger partial charge in [0.1, 0.15) is 0 Å². The van der Waals surface area contributed by atoms with E-state index in [1.165, 1.54) is 12.1 Å². The molecule has 2 rings (SSSR count). The average Bonchev–Trinajstić information content (AvgIpc) is 2.56. The number of aromatic nitrogens is 2. The van der Waals surface area contributed by atoms with Crippen LogP contribution in [0.4, 0.5) is 0 Å². The number of aryl methyl sites for hydroxylation is 2. The van der Waals surface area contributed by atoms with E-state index in [0.717, 1.165) is 42.3 Å². The van der Waals surface area contributed by atoms with E-state index in [1.54, 1.807) is 0 Å². The quantitative estimate of drug-likeness (QED) is 0.920. The molecule has 1 fully saturated rings. The lowest BCUT2D eigenvalue weighted by Gasteiger charge is -2.34. The minimum Gasteiger partial charge on any atom is -0.311 e. The van der Waals surface area contributed by atoms with Gasteiger partial charge in [0.25, 0.3) is 0 Å². The summed E-state index contributed by atoms with van der Waals surface area (Å²) in [6.45, 7) is 11.0. The molecule has 0 bridgehead atoms. The molecule has 108 valence electrons. The van der Waals surface area contributed by atoms with Gasteiger partial charge in [0, 0.05) is 39.3 Å². The summed E-state index contributed by atoms with van der Waals surface area (Å²) >= 11 is 3.66. The van der Waals surface area contributed by atoms with Crippen molar-refractivity contribution in [2.45, 2.75) is 39.8 Å². The second-order valence-electron chi connectivity index (χ2n) is 5.99. The van der Waals surface area contributed by atoms with Crippen molar-refractivity contribution >= 4 is 15.9 Å². The van der Waals surface area contributed by atoms with Crippen LogP contribution in [0.5, 0.6) is 0 Å². The average molecular weight is 329 g/mol. The highest BCUT2D eigenvalue weighted by atomic mass is 79.9. The fourth-order valence-corrected chi connectivity index (χ4v) is 3.29. The first kappa shape index (κ1) is 15.0. The molecule has 19 heavy (non-hydrogen) atoms. The number of piperazine rings is 1. The molecule has 5 heteroatoms. The topological polar surface area (TPSA) is 33.1 Å².